The highest BCUT2D eigenvalue weighted by Gasteiger charge is 2.24. The summed E-state index contributed by atoms with van der Waals surface area (Å²) in [5.74, 6) is -1.36. The fourth-order valence-electron chi connectivity index (χ4n) is 2.27. The first-order valence-corrected chi connectivity index (χ1v) is 8.86. The van der Waals surface area contributed by atoms with Crippen molar-refractivity contribution in [2.45, 2.75) is 67.2 Å². The van der Waals surface area contributed by atoms with Gasteiger partial charge in [-0.25, -0.2) is 0 Å². The molecule has 0 heterocycles. The molecule has 0 aromatic heterocycles. The Morgan fingerprint density at radius 2 is 1.28 bits per heavy atom. The number of ketones is 2. The van der Waals surface area contributed by atoms with E-state index in [0.29, 0.717) is 18.4 Å². The van der Waals surface area contributed by atoms with Crippen LogP contribution in [0.15, 0.2) is 46.1 Å². The van der Waals surface area contributed by atoms with E-state index in [-0.39, 0.29) is 5.57 Å². The molecular formula is C21H29ClO3. The molecule has 0 saturated heterocycles. The van der Waals surface area contributed by atoms with Crippen LogP contribution in [-0.4, -0.2) is 16.8 Å². The predicted molar refractivity (Wildman–Crippen MR) is 105 cm³/mol. The van der Waals surface area contributed by atoms with E-state index in [2.05, 4.69) is 6.08 Å². The van der Waals surface area contributed by atoms with Crippen LogP contribution in [-0.2, 0) is 14.4 Å². The second-order valence-corrected chi connectivity index (χ2v) is 7.10. The zero-order chi connectivity index (χ0) is 19.6. The molecule has 0 bridgehead atoms. The first-order valence-electron chi connectivity index (χ1n) is 8.48. The van der Waals surface area contributed by atoms with Gasteiger partial charge in [0.05, 0.1) is 5.57 Å². The fraction of sp³-hybridized carbons (Fsp3) is 0.476. The summed E-state index contributed by atoms with van der Waals surface area (Å²) in [6.07, 6.45) is 8.36. The van der Waals surface area contributed by atoms with Gasteiger partial charge in [-0.2, -0.15) is 0 Å². The fourth-order valence-corrected chi connectivity index (χ4v) is 2.37. The molecule has 0 aromatic carbocycles. The van der Waals surface area contributed by atoms with E-state index in [9.17, 15) is 14.4 Å². The molecule has 0 atom stereocenters. The minimum Gasteiger partial charge on any atom is -0.289 e. The van der Waals surface area contributed by atoms with Gasteiger partial charge in [0.2, 0.25) is 5.78 Å². The average Bonchev–Trinajstić information content (AvgIpc) is 2.46. The number of allylic oxidation sites excluding steroid dienone is 8. The number of carbonyl (C=O) groups is 3. The maximum absolute atomic E-state index is 12.5. The maximum Gasteiger partial charge on any atom is 0.293 e. The van der Waals surface area contributed by atoms with Gasteiger partial charge in [0.1, 0.15) is 0 Å². The van der Waals surface area contributed by atoms with E-state index >= 15 is 0 Å². The number of rotatable bonds is 10. The van der Waals surface area contributed by atoms with Gasteiger partial charge < -0.3 is 0 Å². The Morgan fingerprint density at radius 1 is 0.800 bits per heavy atom. The largest absolute Gasteiger partial charge is 0.293 e. The molecule has 0 saturated carbocycles. The normalized spacial score (nSPS) is 12.2. The number of halogens is 1. The Balaban J connectivity index is 5.43. The van der Waals surface area contributed by atoms with Gasteiger partial charge in [-0.1, -0.05) is 34.4 Å². The molecule has 0 fully saturated rings. The van der Waals surface area contributed by atoms with Crippen molar-refractivity contribution >= 4 is 28.4 Å². The molecular weight excluding hydrogens is 336 g/mol. The summed E-state index contributed by atoms with van der Waals surface area (Å²) in [5.41, 5.74) is 3.75. The second kappa shape index (κ2) is 11.8. The first-order chi connectivity index (χ1) is 11.6. The lowest BCUT2D eigenvalue weighted by Crippen LogP contribution is -2.19. The Labute approximate surface area is 156 Å². The van der Waals surface area contributed by atoms with Crippen LogP contribution in [0.4, 0.5) is 0 Å². The third-order valence-corrected chi connectivity index (χ3v) is 3.79. The molecule has 0 N–H and O–H groups in total. The standard InChI is InChI=1S/C21H29ClO3/c1-14(2)9-7-11-16(5)13-18(23)19(20(24)21(22)25)17(6)12-8-10-15(3)4/h9-10,13H,7-8,11-12H2,1-6H3/b16-13+,19-17+. The highest BCUT2D eigenvalue weighted by molar-refractivity contribution is 6.84. The van der Waals surface area contributed by atoms with E-state index in [1.807, 2.05) is 40.7 Å². The van der Waals surface area contributed by atoms with Crippen LogP contribution in [0.5, 0.6) is 0 Å². The van der Waals surface area contributed by atoms with Crippen LogP contribution in [0.25, 0.3) is 0 Å². The Morgan fingerprint density at radius 3 is 1.72 bits per heavy atom. The molecule has 0 aromatic rings. The molecule has 0 unspecified atom stereocenters. The van der Waals surface area contributed by atoms with E-state index in [1.54, 1.807) is 6.92 Å². The van der Waals surface area contributed by atoms with Crippen LogP contribution < -0.4 is 0 Å². The van der Waals surface area contributed by atoms with Crippen LogP contribution >= 0.6 is 11.6 Å². The average molecular weight is 365 g/mol. The maximum atomic E-state index is 12.5. The van der Waals surface area contributed by atoms with E-state index in [0.717, 1.165) is 24.0 Å². The number of hydrogen-bond donors (Lipinski definition) is 0. The van der Waals surface area contributed by atoms with Gasteiger partial charge in [0.25, 0.3) is 5.24 Å². The van der Waals surface area contributed by atoms with Crippen molar-refractivity contribution in [2.24, 2.45) is 0 Å². The molecule has 0 spiro atoms. The summed E-state index contributed by atoms with van der Waals surface area (Å²) in [6, 6.07) is 0. The summed E-state index contributed by atoms with van der Waals surface area (Å²) < 4.78 is 0. The van der Waals surface area contributed by atoms with Crippen LogP contribution in [0, 0.1) is 0 Å². The van der Waals surface area contributed by atoms with E-state index < -0.39 is 16.8 Å². The monoisotopic (exact) mass is 364 g/mol. The Hall–Kier alpha value is -1.74. The molecule has 4 heteroatoms. The van der Waals surface area contributed by atoms with Crippen molar-refractivity contribution in [3.63, 3.8) is 0 Å². The quantitative estimate of drug-likeness (QED) is 0.126. The van der Waals surface area contributed by atoms with Crippen molar-refractivity contribution in [2.75, 3.05) is 0 Å². The number of hydrogen-bond acceptors (Lipinski definition) is 3. The molecule has 0 rings (SSSR count). The van der Waals surface area contributed by atoms with E-state index in [1.165, 1.54) is 11.6 Å². The summed E-state index contributed by atoms with van der Waals surface area (Å²) in [4.78, 5) is 35.9. The van der Waals surface area contributed by atoms with Crippen molar-refractivity contribution in [3.05, 3.63) is 46.1 Å². The molecule has 0 radical (unpaired) electrons. The van der Waals surface area contributed by atoms with Gasteiger partial charge in [-0.3, -0.25) is 14.4 Å². The minimum absolute atomic E-state index is 0.0938. The molecule has 0 aliphatic heterocycles. The summed E-state index contributed by atoms with van der Waals surface area (Å²) in [7, 11) is 0. The van der Waals surface area contributed by atoms with Crippen LogP contribution in [0.1, 0.15) is 67.2 Å². The molecule has 0 aliphatic rings. The van der Waals surface area contributed by atoms with Gasteiger partial charge in [-0.05, 0) is 84.9 Å². The third-order valence-electron chi connectivity index (χ3n) is 3.62. The lowest BCUT2D eigenvalue weighted by Gasteiger charge is -2.07. The highest BCUT2D eigenvalue weighted by atomic mass is 35.5. The van der Waals surface area contributed by atoms with Crippen LogP contribution in [0.2, 0.25) is 0 Å². The predicted octanol–water partition coefficient (Wildman–Crippen LogP) is 5.65. The SMILES string of the molecule is CC(C)=CCC/C(C)=C/C(=O)/C(C(=O)C(=O)Cl)=C(/C)CCC=C(C)C. The van der Waals surface area contributed by atoms with Gasteiger partial charge in [0.15, 0.2) is 5.78 Å². The van der Waals surface area contributed by atoms with Crippen molar-refractivity contribution in [1.82, 2.24) is 0 Å². The van der Waals surface area contributed by atoms with Gasteiger partial charge in [-0.15, -0.1) is 0 Å². The van der Waals surface area contributed by atoms with Crippen molar-refractivity contribution < 1.29 is 14.4 Å². The Bertz CT molecular complexity index is 638. The van der Waals surface area contributed by atoms with Gasteiger partial charge >= 0.3 is 0 Å². The Kier molecular flexibility index (Phi) is 10.9. The second-order valence-electron chi connectivity index (χ2n) is 6.75. The highest BCUT2D eigenvalue weighted by Crippen LogP contribution is 2.17. The molecule has 25 heavy (non-hydrogen) atoms. The summed E-state index contributed by atoms with van der Waals surface area (Å²) in [5, 5.41) is -1.12. The zero-order valence-electron chi connectivity index (χ0n) is 16.2. The van der Waals surface area contributed by atoms with Crippen molar-refractivity contribution in [3.8, 4) is 0 Å². The number of Topliss-reactive ketones (excluding diaryl/α,β-unsaturated/α-hetero) is 1. The van der Waals surface area contributed by atoms with Crippen molar-refractivity contribution in [1.29, 1.82) is 0 Å². The molecule has 3 nitrogen and oxygen atoms in total. The molecule has 0 amide bonds. The topological polar surface area (TPSA) is 51.2 Å². The van der Waals surface area contributed by atoms with Crippen LogP contribution in [0.3, 0.4) is 0 Å². The lowest BCUT2D eigenvalue weighted by molar-refractivity contribution is -0.131. The smallest absolute Gasteiger partial charge is 0.289 e. The lowest BCUT2D eigenvalue weighted by atomic mass is 9.95. The first kappa shape index (κ1) is 23.3. The van der Waals surface area contributed by atoms with Gasteiger partial charge in [0, 0.05) is 0 Å². The number of carbonyl (C=O) groups excluding carboxylic acids is 3. The summed E-state index contributed by atoms with van der Waals surface area (Å²) >= 11 is 5.34. The zero-order valence-corrected chi connectivity index (χ0v) is 16.9. The summed E-state index contributed by atoms with van der Waals surface area (Å²) in [6.45, 7) is 11.6. The molecule has 0 aliphatic carbocycles. The third kappa shape index (κ3) is 9.98. The molecule has 138 valence electrons. The minimum atomic E-state index is -1.12. The van der Waals surface area contributed by atoms with E-state index in [4.69, 9.17) is 11.6 Å².